The van der Waals surface area contributed by atoms with Crippen molar-refractivity contribution in [3.63, 3.8) is 0 Å². The number of ketones is 1. The number of benzene rings is 1. The molecule has 7 rings (SSSR count). The second kappa shape index (κ2) is 27.5. The number of aliphatic hydroxyl groups is 2. The van der Waals surface area contributed by atoms with E-state index in [2.05, 4.69) is 9.88 Å². The predicted octanol–water partition coefficient (Wildman–Crippen LogP) is 9.10. The van der Waals surface area contributed by atoms with Crippen LogP contribution in [0.25, 0.3) is 0 Å². The second-order valence-electron chi connectivity index (χ2n) is 24.2. The number of hydrogen-bond donors (Lipinski definition) is 2. The maximum Gasteiger partial charge on any atom is 0.320 e. The lowest BCUT2D eigenvalue weighted by atomic mass is 9.70. The molecular formula is C60H91Cl2N3O15S. The van der Waals surface area contributed by atoms with Gasteiger partial charge in [0, 0.05) is 98.9 Å². The lowest BCUT2D eigenvalue weighted by Crippen LogP contribution is -2.61. The zero-order valence-electron chi connectivity index (χ0n) is 50.2. The van der Waals surface area contributed by atoms with Gasteiger partial charge in [0.1, 0.15) is 29.3 Å². The van der Waals surface area contributed by atoms with Crippen molar-refractivity contribution in [2.75, 3.05) is 52.6 Å². The molecule has 1 saturated carbocycles. The molecule has 4 saturated heterocycles. The quantitative estimate of drug-likeness (QED) is 0.134. The summed E-state index contributed by atoms with van der Waals surface area (Å²) in [6.07, 6.45) is -0.0172. The number of fused-ring (bicyclic) bond motifs is 1. The van der Waals surface area contributed by atoms with Crippen LogP contribution >= 0.6 is 35.0 Å². The Morgan fingerprint density at radius 2 is 1.52 bits per heavy atom. The minimum atomic E-state index is -1.47. The van der Waals surface area contributed by atoms with Crippen LogP contribution < -0.4 is 14.4 Å². The van der Waals surface area contributed by atoms with Crippen LogP contribution in [0.3, 0.4) is 0 Å². The number of thioether (sulfide) groups is 1. The molecule has 4 aliphatic heterocycles. The van der Waals surface area contributed by atoms with Crippen LogP contribution in [0.4, 0.5) is 5.69 Å². The second-order valence-corrected chi connectivity index (χ2v) is 26.3. The molecule has 5 fully saturated rings. The van der Waals surface area contributed by atoms with Gasteiger partial charge in [-0.25, -0.2) is 0 Å². The molecule has 1 aromatic heterocycles. The Morgan fingerprint density at radius 3 is 2.14 bits per heavy atom. The predicted molar refractivity (Wildman–Crippen MR) is 310 cm³/mol. The number of pyridine rings is 1. The van der Waals surface area contributed by atoms with Gasteiger partial charge in [-0.05, 0) is 113 Å². The van der Waals surface area contributed by atoms with Crippen molar-refractivity contribution in [1.29, 1.82) is 0 Å². The molecule has 5 aliphatic rings. The highest BCUT2D eigenvalue weighted by Gasteiger charge is 2.62. The number of nitrogens with zero attached hydrogens (tertiary/aromatic N) is 3. The number of Topliss-reactive ketones (excluding diaryl/α,β-unsaturated/α-hetero) is 1. The first kappa shape index (κ1) is 65.5. The number of ether oxygens (including phenoxy) is 10. The van der Waals surface area contributed by atoms with Gasteiger partial charge in [-0.15, -0.1) is 11.8 Å². The third-order valence-electron chi connectivity index (χ3n) is 18.3. The summed E-state index contributed by atoms with van der Waals surface area (Å²) in [4.78, 5) is 53.7. The van der Waals surface area contributed by atoms with Crippen molar-refractivity contribution in [2.45, 2.75) is 217 Å². The van der Waals surface area contributed by atoms with Crippen LogP contribution in [0, 0.1) is 29.6 Å². The van der Waals surface area contributed by atoms with Crippen LogP contribution in [0.1, 0.15) is 126 Å². The Kier molecular flexibility index (Phi) is 22.3. The summed E-state index contributed by atoms with van der Waals surface area (Å²) in [5.74, 6) is -3.82. The topological polar surface area (TPSA) is 203 Å². The van der Waals surface area contributed by atoms with E-state index in [4.69, 9.17) is 70.6 Å². The molecule has 21 heteroatoms. The molecule has 19 atom stereocenters. The smallest absolute Gasteiger partial charge is 0.320 e. The number of carbonyl (C=O) groups excluding carboxylic acids is 3. The average molecular weight is 1200 g/mol. The molecule has 10 unspecified atom stereocenters. The lowest BCUT2D eigenvalue weighted by Gasteiger charge is -2.50. The molecule has 0 amide bonds. The van der Waals surface area contributed by atoms with Gasteiger partial charge in [0.25, 0.3) is 0 Å². The third kappa shape index (κ3) is 14.3. The molecule has 1 aromatic carbocycles. The minimum Gasteiger partial charge on any atom is -0.493 e. The molecule has 18 nitrogen and oxygen atoms in total. The first-order valence-electron chi connectivity index (χ1n) is 28.9. The number of likely N-dealkylation sites (N-methyl/N-ethyl adjacent to an activating group) is 1. The van der Waals surface area contributed by atoms with Gasteiger partial charge in [-0.3, -0.25) is 19.4 Å². The van der Waals surface area contributed by atoms with Gasteiger partial charge in [0.2, 0.25) is 0 Å². The number of aromatic nitrogens is 1. The minimum absolute atomic E-state index is 0.0667. The Morgan fingerprint density at radius 1 is 0.852 bits per heavy atom. The Labute approximate surface area is 494 Å². The summed E-state index contributed by atoms with van der Waals surface area (Å²) in [5.41, 5.74) is -2.37. The number of anilines is 1. The van der Waals surface area contributed by atoms with Crippen molar-refractivity contribution < 1.29 is 72.0 Å². The standard InChI is InChI=1S/C60H91Cl2N3O15S/c1-16-46-60(10)48(52(56(70)80-60)81-24-23-65(31-40-41(61)29-63-30-42(40)62)38-21-22-44(71-13)45(26-38)76-39-19-17-18-20-39)34(4)49(66)32(2)27-59(9,73-15)54(79-57-50(67)43(64(11)12)25-33(3)74-57)35(5)51(36(6)55(69)77-46)78-47-28-58(8,72-14)53(68)37(7)75-47/h21-22,26,29-30,32-37,39,43,46-48,50-54,57,67-68H,16-20,23-25,27-28,31H2,1-15H3/t32-,33?,34?,35+,36?,37?,43?,46-,47?,48?,50-,51+,52?,53+,54-,57+,58?,59?,60-/m1/s1. The summed E-state index contributed by atoms with van der Waals surface area (Å²) in [5, 5.41) is 23.1. The summed E-state index contributed by atoms with van der Waals surface area (Å²) in [6.45, 7) is 18.9. The van der Waals surface area contributed by atoms with E-state index in [1.807, 2.05) is 78.7 Å². The SMILES string of the molecule is CC[C@H]1OC(=O)C(C)[C@@H](OC2CC(C)(OC)[C@@H](O)C(C)O2)[C@H](C)[C@@H](O[C@@H]2OC(C)CC(N(C)C)[C@H]2O)C(C)(OC)C[C@@H](C)C(=O)C(C)C2C(SCCN(Cc3c(Cl)cncc3Cl)c3ccc(OC)c(OC4CCCC4)c3)C(=O)O[C@@]21C. The van der Waals surface area contributed by atoms with E-state index in [1.165, 1.54) is 18.9 Å². The molecule has 2 aromatic rings. The fourth-order valence-corrected chi connectivity index (χ4v) is 15.4. The van der Waals surface area contributed by atoms with Gasteiger partial charge < -0.3 is 67.4 Å². The van der Waals surface area contributed by atoms with E-state index in [1.54, 1.807) is 54.3 Å². The molecular weight excluding hydrogens is 1110 g/mol. The van der Waals surface area contributed by atoms with Crippen LogP contribution in [0.15, 0.2) is 30.6 Å². The third-order valence-corrected chi connectivity index (χ3v) is 20.2. The number of halogens is 2. The monoisotopic (exact) mass is 1200 g/mol. The van der Waals surface area contributed by atoms with E-state index in [-0.39, 0.29) is 49.8 Å². The Bertz CT molecular complexity index is 2440. The molecule has 0 bridgehead atoms. The average Bonchev–Trinajstić information content (AvgIpc) is 3.37. The Hall–Kier alpha value is -3.05. The summed E-state index contributed by atoms with van der Waals surface area (Å²) in [6, 6.07) is 5.47. The maximum atomic E-state index is 15.5. The highest BCUT2D eigenvalue weighted by molar-refractivity contribution is 8.00. The van der Waals surface area contributed by atoms with Crippen LogP contribution in [0.2, 0.25) is 10.0 Å². The number of methoxy groups -OCH3 is 3. The summed E-state index contributed by atoms with van der Waals surface area (Å²) >= 11 is 14.9. The van der Waals surface area contributed by atoms with Crippen molar-refractivity contribution in [3.05, 3.63) is 46.2 Å². The molecule has 456 valence electrons. The largest absolute Gasteiger partial charge is 0.493 e. The number of cyclic esters (lactones) is 1. The molecule has 0 spiro atoms. The fraction of sp³-hybridized carbons (Fsp3) is 0.767. The van der Waals surface area contributed by atoms with Crippen LogP contribution in [-0.4, -0.2) is 175 Å². The maximum absolute atomic E-state index is 15.5. The normalized spacial score (nSPS) is 38.3. The van der Waals surface area contributed by atoms with E-state index < -0.39 is 113 Å². The number of hydrogen-bond acceptors (Lipinski definition) is 19. The van der Waals surface area contributed by atoms with Crippen molar-refractivity contribution >= 4 is 58.4 Å². The Balaban J connectivity index is 1.26. The van der Waals surface area contributed by atoms with Crippen molar-refractivity contribution in [2.24, 2.45) is 29.6 Å². The van der Waals surface area contributed by atoms with E-state index >= 15 is 9.59 Å². The van der Waals surface area contributed by atoms with Gasteiger partial charge in [0.05, 0.1) is 64.8 Å². The first-order valence-corrected chi connectivity index (χ1v) is 30.8. The van der Waals surface area contributed by atoms with Crippen molar-refractivity contribution in [3.8, 4) is 11.5 Å². The zero-order chi connectivity index (χ0) is 59.5. The van der Waals surface area contributed by atoms with E-state index in [9.17, 15) is 15.0 Å². The molecule has 5 heterocycles. The van der Waals surface area contributed by atoms with Gasteiger partial charge in [0.15, 0.2) is 29.7 Å². The van der Waals surface area contributed by atoms with E-state index in [0.29, 0.717) is 45.8 Å². The van der Waals surface area contributed by atoms with Gasteiger partial charge >= 0.3 is 11.9 Å². The molecule has 81 heavy (non-hydrogen) atoms. The van der Waals surface area contributed by atoms with Gasteiger partial charge in [-0.2, -0.15) is 0 Å². The van der Waals surface area contributed by atoms with Crippen molar-refractivity contribution in [1.82, 2.24) is 9.88 Å². The lowest BCUT2D eigenvalue weighted by molar-refractivity contribution is -0.319. The molecule has 1 aliphatic carbocycles. The summed E-state index contributed by atoms with van der Waals surface area (Å²) < 4.78 is 64.6. The summed E-state index contributed by atoms with van der Waals surface area (Å²) in [7, 11) is 8.47. The first-order chi connectivity index (χ1) is 38.2. The number of carbonyl (C=O) groups is 3. The fourth-order valence-electron chi connectivity index (χ4n) is 13.4. The highest BCUT2D eigenvalue weighted by atomic mass is 35.5. The van der Waals surface area contributed by atoms with Crippen LogP contribution in [0.5, 0.6) is 11.5 Å². The number of esters is 2. The molecule has 0 radical (unpaired) electrons. The zero-order valence-corrected chi connectivity index (χ0v) is 52.5. The number of rotatable bonds is 18. The molecule has 2 N–H and O–H groups in total. The van der Waals surface area contributed by atoms with E-state index in [0.717, 1.165) is 31.4 Å². The highest BCUT2D eigenvalue weighted by Crippen LogP contribution is 2.50. The number of aliphatic hydroxyl groups excluding tert-OH is 2. The van der Waals surface area contributed by atoms with Gasteiger partial charge in [-0.1, -0.05) is 50.9 Å². The van der Waals surface area contributed by atoms with Crippen LogP contribution in [-0.2, 0) is 58.8 Å².